The summed E-state index contributed by atoms with van der Waals surface area (Å²) in [5.41, 5.74) is 0.665. The molecule has 2 aliphatic rings. The summed E-state index contributed by atoms with van der Waals surface area (Å²) in [6.07, 6.45) is 5.02. The minimum Gasteiger partial charge on any atom is -0.494 e. The van der Waals surface area contributed by atoms with Crippen molar-refractivity contribution in [3.05, 3.63) is 52.2 Å². The quantitative estimate of drug-likeness (QED) is 0.616. The van der Waals surface area contributed by atoms with E-state index >= 15 is 0 Å². The Morgan fingerprint density at radius 3 is 2.16 bits per heavy atom. The Bertz CT molecular complexity index is 839. The first-order chi connectivity index (χ1) is 15.2. The average molecular weight is 442 g/mol. The van der Waals surface area contributed by atoms with Crippen molar-refractivity contribution in [1.82, 2.24) is 14.7 Å². The summed E-state index contributed by atoms with van der Waals surface area (Å²) in [6, 6.07) is 11.2. The van der Waals surface area contributed by atoms with Crippen LogP contribution in [0.1, 0.15) is 45.7 Å². The van der Waals surface area contributed by atoms with Gasteiger partial charge < -0.3 is 19.4 Å². The molecule has 0 bridgehead atoms. The molecule has 0 unspecified atom stereocenters. The summed E-state index contributed by atoms with van der Waals surface area (Å²) >= 11 is 1.46. The maximum atomic E-state index is 12.8. The van der Waals surface area contributed by atoms with E-state index in [0.29, 0.717) is 38.3 Å². The fourth-order valence-electron chi connectivity index (χ4n) is 4.21. The van der Waals surface area contributed by atoms with Gasteiger partial charge in [-0.2, -0.15) is 0 Å². The molecule has 0 N–H and O–H groups in total. The number of carbonyl (C=O) groups is 2. The normalized spacial score (nSPS) is 17.5. The number of likely N-dealkylation sites (tertiary alicyclic amines) is 1. The zero-order valence-electron chi connectivity index (χ0n) is 18.0. The molecule has 3 heterocycles. The molecule has 166 valence electrons. The zero-order chi connectivity index (χ0) is 21.5. The van der Waals surface area contributed by atoms with E-state index in [2.05, 4.69) is 4.90 Å². The van der Waals surface area contributed by atoms with Crippen LogP contribution in [0.2, 0.25) is 0 Å². The summed E-state index contributed by atoms with van der Waals surface area (Å²) in [5, 5.41) is 1.91. The fourth-order valence-corrected chi connectivity index (χ4v) is 4.90. The molecule has 0 radical (unpaired) electrons. The van der Waals surface area contributed by atoms with Crippen LogP contribution in [-0.2, 0) is 0 Å². The van der Waals surface area contributed by atoms with E-state index in [0.717, 1.165) is 23.6 Å². The second-order valence-electron chi connectivity index (χ2n) is 8.19. The summed E-state index contributed by atoms with van der Waals surface area (Å²) in [4.78, 5) is 32.2. The van der Waals surface area contributed by atoms with Gasteiger partial charge in [-0.3, -0.25) is 9.59 Å². The van der Waals surface area contributed by atoms with Crippen molar-refractivity contribution in [1.29, 1.82) is 0 Å². The number of amides is 2. The lowest BCUT2D eigenvalue weighted by Crippen LogP contribution is -2.50. The first-order valence-electron chi connectivity index (χ1n) is 11.3. The van der Waals surface area contributed by atoms with Crippen molar-refractivity contribution in [2.24, 2.45) is 0 Å². The second-order valence-corrected chi connectivity index (χ2v) is 9.14. The maximum Gasteiger partial charge on any atom is 0.264 e. The van der Waals surface area contributed by atoms with Gasteiger partial charge in [-0.25, -0.2) is 0 Å². The van der Waals surface area contributed by atoms with Crippen molar-refractivity contribution < 1.29 is 14.3 Å². The fraction of sp³-hybridized carbons (Fsp3) is 0.500. The van der Waals surface area contributed by atoms with Crippen molar-refractivity contribution in [3.8, 4) is 5.75 Å². The predicted octanol–water partition coefficient (Wildman–Crippen LogP) is 3.60. The van der Waals surface area contributed by atoms with Crippen LogP contribution in [0.15, 0.2) is 41.8 Å². The van der Waals surface area contributed by atoms with Crippen molar-refractivity contribution >= 4 is 23.2 Å². The number of nitrogens with zero attached hydrogens (tertiary/aromatic N) is 3. The van der Waals surface area contributed by atoms with E-state index in [9.17, 15) is 9.59 Å². The lowest BCUT2D eigenvalue weighted by Gasteiger charge is -2.34. The van der Waals surface area contributed by atoms with Gasteiger partial charge in [0.25, 0.3) is 11.8 Å². The van der Waals surface area contributed by atoms with E-state index in [4.69, 9.17) is 4.74 Å². The molecule has 7 heteroatoms. The third-order valence-electron chi connectivity index (χ3n) is 6.02. The molecule has 31 heavy (non-hydrogen) atoms. The molecular weight excluding hydrogens is 410 g/mol. The number of hydrogen-bond donors (Lipinski definition) is 0. The Labute approximate surface area is 188 Å². The van der Waals surface area contributed by atoms with E-state index in [-0.39, 0.29) is 11.8 Å². The van der Waals surface area contributed by atoms with Gasteiger partial charge in [0.15, 0.2) is 0 Å². The van der Waals surface area contributed by atoms with E-state index in [1.54, 1.807) is 0 Å². The minimum absolute atomic E-state index is 0.0138. The van der Waals surface area contributed by atoms with Gasteiger partial charge in [0.05, 0.1) is 11.5 Å². The van der Waals surface area contributed by atoms with Crippen LogP contribution < -0.4 is 4.74 Å². The molecule has 1 aromatic carbocycles. The standard InChI is InChI=1S/C24H31N3O3S/c28-23(26-14-16-27(17-15-26)24(29)22-6-4-19-31-22)20-7-9-21(10-8-20)30-18-5-13-25-11-2-1-3-12-25/h4,6-10,19H,1-3,5,11-18H2. The predicted molar refractivity (Wildman–Crippen MR) is 123 cm³/mol. The smallest absolute Gasteiger partial charge is 0.264 e. The van der Waals surface area contributed by atoms with Crippen molar-refractivity contribution in [2.45, 2.75) is 25.7 Å². The molecule has 6 nitrogen and oxygen atoms in total. The highest BCUT2D eigenvalue weighted by molar-refractivity contribution is 7.12. The third kappa shape index (κ3) is 5.86. The molecule has 4 rings (SSSR count). The Morgan fingerprint density at radius 1 is 0.839 bits per heavy atom. The number of thiophene rings is 1. The summed E-state index contributed by atoms with van der Waals surface area (Å²) in [7, 11) is 0. The monoisotopic (exact) mass is 441 g/mol. The first kappa shape index (κ1) is 21.8. The SMILES string of the molecule is O=C(c1ccc(OCCCN2CCCCC2)cc1)N1CCN(C(=O)c2cccs2)CC1. The molecule has 2 aliphatic heterocycles. The van der Waals surface area contributed by atoms with Crippen molar-refractivity contribution in [2.75, 3.05) is 52.4 Å². The van der Waals surface area contributed by atoms with Crippen molar-refractivity contribution in [3.63, 3.8) is 0 Å². The lowest BCUT2D eigenvalue weighted by atomic mass is 10.1. The van der Waals surface area contributed by atoms with Gasteiger partial charge in [-0.05, 0) is 68.1 Å². The molecule has 0 spiro atoms. The average Bonchev–Trinajstić information content (AvgIpc) is 3.37. The molecule has 2 amide bonds. The van der Waals surface area contributed by atoms with Crippen LogP contribution in [0.25, 0.3) is 0 Å². The van der Waals surface area contributed by atoms with Gasteiger partial charge in [0.1, 0.15) is 5.75 Å². The number of ether oxygens (including phenoxy) is 1. The minimum atomic E-state index is 0.0138. The number of benzene rings is 1. The second kappa shape index (κ2) is 10.8. The number of hydrogen-bond acceptors (Lipinski definition) is 5. The third-order valence-corrected chi connectivity index (χ3v) is 6.88. The molecule has 0 saturated carbocycles. The van der Waals surface area contributed by atoms with Crippen LogP contribution >= 0.6 is 11.3 Å². The number of carbonyl (C=O) groups excluding carboxylic acids is 2. The zero-order valence-corrected chi connectivity index (χ0v) is 18.8. The van der Waals surface area contributed by atoms with Gasteiger partial charge >= 0.3 is 0 Å². The Balaban J connectivity index is 1.20. The van der Waals surface area contributed by atoms with Crippen LogP contribution in [0.3, 0.4) is 0 Å². The van der Waals surface area contributed by atoms with Gasteiger partial charge in [-0.1, -0.05) is 12.5 Å². The van der Waals surface area contributed by atoms with E-state index in [1.807, 2.05) is 51.6 Å². The van der Waals surface area contributed by atoms with Gasteiger partial charge in [-0.15, -0.1) is 11.3 Å². The van der Waals surface area contributed by atoms with Gasteiger partial charge in [0.2, 0.25) is 0 Å². The molecule has 2 saturated heterocycles. The van der Waals surface area contributed by atoms with E-state index < -0.39 is 0 Å². The maximum absolute atomic E-state index is 12.8. The summed E-state index contributed by atoms with van der Waals surface area (Å²) < 4.78 is 5.86. The molecule has 1 aromatic heterocycles. The Morgan fingerprint density at radius 2 is 1.52 bits per heavy atom. The van der Waals surface area contributed by atoms with Crippen LogP contribution in [0, 0.1) is 0 Å². The number of piperazine rings is 1. The first-order valence-corrected chi connectivity index (χ1v) is 12.2. The highest BCUT2D eigenvalue weighted by atomic mass is 32.1. The van der Waals surface area contributed by atoms with Crippen LogP contribution in [0.5, 0.6) is 5.75 Å². The Kier molecular flexibility index (Phi) is 7.59. The largest absolute Gasteiger partial charge is 0.494 e. The van der Waals surface area contributed by atoms with Crippen LogP contribution in [0.4, 0.5) is 0 Å². The summed E-state index contributed by atoms with van der Waals surface area (Å²) in [6.45, 7) is 6.48. The molecule has 2 aromatic rings. The van der Waals surface area contributed by atoms with E-state index in [1.165, 1.54) is 43.7 Å². The molecule has 2 fully saturated rings. The molecular formula is C24H31N3O3S. The summed E-state index contributed by atoms with van der Waals surface area (Å²) in [5.74, 6) is 0.880. The topological polar surface area (TPSA) is 53.1 Å². The lowest BCUT2D eigenvalue weighted by molar-refractivity contribution is 0.0538. The Hall–Kier alpha value is -2.38. The highest BCUT2D eigenvalue weighted by Gasteiger charge is 2.25. The number of piperidine rings is 1. The highest BCUT2D eigenvalue weighted by Crippen LogP contribution is 2.17. The molecule has 0 atom stereocenters. The number of rotatable bonds is 7. The molecule has 0 aliphatic carbocycles. The van der Waals surface area contributed by atoms with Gasteiger partial charge in [0, 0.05) is 38.3 Å². The van der Waals surface area contributed by atoms with Crippen LogP contribution in [-0.4, -0.2) is 78.9 Å².